The molecule has 2 N–H and O–H groups in total. The Kier molecular flexibility index (Phi) is 5.69. The number of carbonyl (C=O) groups is 1. The fraction of sp³-hybridized carbons (Fsp3) is 0.941. The summed E-state index contributed by atoms with van der Waals surface area (Å²) in [6.07, 6.45) is 6.25. The van der Waals surface area contributed by atoms with Gasteiger partial charge in [-0.1, -0.05) is 19.3 Å². The number of nitrogens with one attached hydrogen (secondary N) is 2. The van der Waals surface area contributed by atoms with Gasteiger partial charge in [-0.3, -0.25) is 0 Å². The first kappa shape index (κ1) is 18.8. The van der Waals surface area contributed by atoms with Gasteiger partial charge in [-0.25, -0.2) is 13.2 Å². The molecule has 0 radical (unpaired) electrons. The molecule has 7 nitrogen and oxygen atoms in total. The van der Waals surface area contributed by atoms with Gasteiger partial charge in [0.25, 0.3) is 0 Å². The van der Waals surface area contributed by atoms with Crippen LogP contribution in [0.3, 0.4) is 0 Å². The molecule has 3 heterocycles. The quantitative estimate of drug-likeness (QED) is 0.728. The average Bonchev–Trinajstić information content (AvgIpc) is 3.26. The van der Waals surface area contributed by atoms with E-state index in [9.17, 15) is 13.2 Å². The van der Waals surface area contributed by atoms with Crippen LogP contribution in [0.5, 0.6) is 0 Å². The molecule has 26 heavy (non-hydrogen) atoms. The molecule has 4 aliphatic rings. The van der Waals surface area contributed by atoms with Crippen LogP contribution in [0.15, 0.2) is 0 Å². The Morgan fingerprint density at radius 1 is 0.962 bits per heavy atom. The van der Waals surface area contributed by atoms with Gasteiger partial charge in [0.1, 0.15) is 6.10 Å². The van der Waals surface area contributed by atoms with Crippen molar-refractivity contribution in [2.24, 2.45) is 0 Å². The molecule has 9 heteroatoms. The monoisotopic (exact) mass is 404 g/mol. The smallest absolute Gasteiger partial charge is 0.315 e. The van der Waals surface area contributed by atoms with Gasteiger partial charge < -0.3 is 20.1 Å². The number of urea groups is 1. The molecule has 2 amide bonds. The van der Waals surface area contributed by atoms with E-state index < -0.39 is 9.84 Å². The lowest BCUT2D eigenvalue weighted by Crippen LogP contribution is -2.51. The number of rotatable bonds is 4. The summed E-state index contributed by atoms with van der Waals surface area (Å²) >= 11 is 1.69. The fourth-order valence-electron chi connectivity index (χ4n) is 4.46. The third kappa shape index (κ3) is 4.31. The normalized spacial score (nSPS) is 39.6. The molecule has 1 saturated carbocycles. The summed E-state index contributed by atoms with van der Waals surface area (Å²) < 4.78 is 35.1. The first-order chi connectivity index (χ1) is 12.5. The summed E-state index contributed by atoms with van der Waals surface area (Å²) in [5.74, 6) is 0.551. The van der Waals surface area contributed by atoms with Gasteiger partial charge in [-0.2, -0.15) is 0 Å². The van der Waals surface area contributed by atoms with E-state index in [-0.39, 0.29) is 46.6 Å². The summed E-state index contributed by atoms with van der Waals surface area (Å²) in [5, 5.41) is 6.37. The third-order valence-electron chi connectivity index (χ3n) is 5.82. The van der Waals surface area contributed by atoms with Crippen LogP contribution < -0.4 is 10.6 Å². The maximum atomic E-state index is 12.3. The zero-order valence-corrected chi connectivity index (χ0v) is 16.5. The van der Waals surface area contributed by atoms with Crippen molar-refractivity contribution in [2.75, 3.05) is 24.7 Å². The molecule has 4 rings (SSSR count). The minimum Gasteiger partial charge on any atom is -0.372 e. The Morgan fingerprint density at radius 2 is 1.73 bits per heavy atom. The van der Waals surface area contributed by atoms with Gasteiger partial charge >= 0.3 is 6.03 Å². The van der Waals surface area contributed by atoms with Crippen LogP contribution in [-0.2, 0) is 19.3 Å². The maximum absolute atomic E-state index is 12.3. The highest BCUT2D eigenvalue weighted by atomic mass is 32.2. The minimum atomic E-state index is -2.87. The van der Waals surface area contributed by atoms with E-state index in [0.29, 0.717) is 25.4 Å². The Hall–Kier alpha value is -0.510. The van der Waals surface area contributed by atoms with E-state index in [1.54, 1.807) is 11.8 Å². The summed E-state index contributed by atoms with van der Waals surface area (Å²) in [5.41, 5.74) is 0. The van der Waals surface area contributed by atoms with E-state index in [1.807, 2.05) is 0 Å². The number of fused-ring (bicyclic) bond motifs is 1. The molecule has 1 unspecified atom stereocenters. The standard InChI is InChI=1S/C17H28N2O5S2/c20-17(18-11-4-2-1-3-5-11)19-13-8-23-16-14(9-24-15(13)16)25-12-6-7-26(21,22)10-12/h11-16H,1-10H2,(H2,18,19,20)/t12?,13-,14-,15+,16+/m0/s1. The van der Waals surface area contributed by atoms with E-state index in [4.69, 9.17) is 9.47 Å². The highest BCUT2D eigenvalue weighted by Gasteiger charge is 2.49. The molecule has 0 bridgehead atoms. The van der Waals surface area contributed by atoms with Gasteiger partial charge in [-0.05, 0) is 19.3 Å². The van der Waals surface area contributed by atoms with Crippen molar-refractivity contribution < 1.29 is 22.7 Å². The van der Waals surface area contributed by atoms with Crippen LogP contribution in [0.1, 0.15) is 38.5 Å². The van der Waals surface area contributed by atoms with Gasteiger partial charge in [-0.15, -0.1) is 11.8 Å². The fourth-order valence-corrected chi connectivity index (χ4v) is 8.39. The van der Waals surface area contributed by atoms with Crippen molar-refractivity contribution in [1.82, 2.24) is 10.6 Å². The second-order valence-electron chi connectivity index (χ2n) is 7.85. The van der Waals surface area contributed by atoms with Crippen molar-refractivity contribution in [2.45, 2.75) is 73.3 Å². The highest BCUT2D eigenvalue weighted by Crippen LogP contribution is 2.38. The Morgan fingerprint density at radius 3 is 2.46 bits per heavy atom. The van der Waals surface area contributed by atoms with Crippen LogP contribution in [-0.4, -0.2) is 74.0 Å². The molecule has 3 aliphatic heterocycles. The second-order valence-corrected chi connectivity index (χ2v) is 11.6. The highest BCUT2D eigenvalue weighted by molar-refractivity contribution is 8.02. The Bertz CT molecular complexity index is 623. The molecule has 0 aromatic carbocycles. The van der Waals surface area contributed by atoms with Crippen molar-refractivity contribution in [3.8, 4) is 0 Å². The Balaban J connectivity index is 1.26. The molecular formula is C17H28N2O5S2. The van der Waals surface area contributed by atoms with Crippen LogP contribution in [0.2, 0.25) is 0 Å². The zero-order chi connectivity index (χ0) is 18.1. The topological polar surface area (TPSA) is 93.7 Å². The molecule has 3 saturated heterocycles. The van der Waals surface area contributed by atoms with Crippen molar-refractivity contribution >= 4 is 27.6 Å². The molecule has 0 spiro atoms. The summed E-state index contributed by atoms with van der Waals surface area (Å²) in [7, 11) is -2.87. The van der Waals surface area contributed by atoms with E-state index in [2.05, 4.69) is 10.6 Å². The Labute approximate surface area is 159 Å². The van der Waals surface area contributed by atoms with Gasteiger partial charge in [0.2, 0.25) is 0 Å². The van der Waals surface area contributed by atoms with E-state index in [1.165, 1.54) is 19.3 Å². The second kappa shape index (κ2) is 7.85. The molecule has 0 aromatic rings. The van der Waals surface area contributed by atoms with Gasteiger partial charge in [0.15, 0.2) is 9.84 Å². The summed E-state index contributed by atoms with van der Waals surface area (Å²) in [6, 6.07) is 0.00762. The van der Waals surface area contributed by atoms with Gasteiger partial charge in [0, 0.05) is 11.3 Å². The predicted molar refractivity (Wildman–Crippen MR) is 100 cm³/mol. The summed E-state index contributed by atoms with van der Waals surface area (Å²) in [4.78, 5) is 12.3. The average molecular weight is 405 g/mol. The molecule has 0 aromatic heterocycles. The lowest BCUT2D eigenvalue weighted by atomic mass is 9.96. The molecule has 148 valence electrons. The van der Waals surface area contributed by atoms with Crippen LogP contribution >= 0.6 is 11.8 Å². The molecule has 1 aliphatic carbocycles. The van der Waals surface area contributed by atoms with Crippen LogP contribution in [0.4, 0.5) is 4.79 Å². The van der Waals surface area contributed by atoms with E-state index in [0.717, 1.165) is 12.8 Å². The molecular weight excluding hydrogens is 376 g/mol. The number of ether oxygens (including phenoxy) is 2. The number of thioether (sulfide) groups is 1. The number of amides is 2. The predicted octanol–water partition coefficient (Wildman–Crippen LogP) is 1.07. The number of hydrogen-bond donors (Lipinski definition) is 2. The number of hydrogen-bond acceptors (Lipinski definition) is 6. The zero-order valence-electron chi connectivity index (χ0n) is 14.9. The lowest BCUT2D eigenvalue weighted by Gasteiger charge is -2.24. The first-order valence-electron chi connectivity index (χ1n) is 9.66. The molecule has 4 fully saturated rings. The first-order valence-corrected chi connectivity index (χ1v) is 12.4. The van der Waals surface area contributed by atoms with E-state index >= 15 is 0 Å². The minimum absolute atomic E-state index is 0.0664. The van der Waals surface area contributed by atoms with Crippen LogP contribution in [0, 0.1) is 0 Å². The largest absolute Gasteiger partial charge is 0.372 e. The van der Waals surface area contributed by atoms with Crippen molar-refractivity contribution in [1.29, 1.82) is 0 Å². The summed E-state index contributed by atoms with van der Waals surface area (Å²) in [6.45, 7) is 1.01. The maximum Gasteiger partial charge on any atom is 0.315 e. The third-order valence-corrected chi connectivity index (χ3v) is 9.34. The SMILES string of the molecule is O=C(NC1CCCCC1)N[C@H]1CO[C@H]2[C@@H]1OC[C@@H]2SC1CCS(=O)(=O)C1. The van der Waals surface area contributed by atoms with Crippen LogP contribution in [0.25, 0.3) is 0 Å². The number of carbonyl (C=O) groups excluding carboxylic acids is 1. The van der Waals surface area contributed by atoms with Gasteiger partial charge in [0.05, 0.1) is 42.1 Å². The molecule has 5 atom stereocenters. The number of sulfone groups is 1. The lowest BCUT2D eigenvalue weighted by molar-refractivity contribution is 0.0693. The van der Waals surface area contributed by atoms with Crippen molar-refractivity contribution in [3.05, 3.63) is 0 Å². The van der Waals surface area contributed by atoms with Crippen molar-refractivity contribution in [3.63, 3.8) is 0 Å².